The number of aromatic nitrogens is 2. The second kappa shape index (κ2) is 5.52. The van der Waals surface area contributed by atoms with Crippen molar-refractivity contribution in [1.82, 2.24) is 9.13 Å². The Hall–Kier alpha value is -2.82. The van der Waals surface area contributed by atoms with Gasteiger partial charge in [-0.05, 0) is 24.6 Å². The topological polar surface area (TPSA) is 72.1 Å². The zero-order valence-electron chi connectivity index (χ0n) is 12.7. The van der Waals surface area contributed by atoms with Gasteiger partial charge >= 0.3 is 0 Å². The lowest BCUT2D eigenvalue weighted by molar-refractivity contribution is 0.846. The van der Waals surface area contributed by atoms with Gasteiger partial charge in [0.15, 0.2) is 0 Å². The summed E-state index contributed by atoms with van der Waals surface area (Å²) in [7, 11) is 1.73. The Morgan fingerprint density at radius 3 is 2.55 bits per heavy atom. The maximum atomic E-state index is 8.12. The first-order chi connectivity index (χ1) is 10.6. The van der Waals surface area contributed by atoms with E-state index in [4.69, 9.17) is 11.1 Å². The lowest BCUT2D eigenvalue weighted by Crippen LogP contribution is -2.24. The summed E-state index contributed by atoms with van der Waals surface area (Å²) in [5.74, 6) is 1.45. The first kappa shape index (κ1) is 14.1. The molecule has 2 aromatic heterocycles. The summed E-state index contributed by atoms with van der Waals surface area (Å²) in [6.45, 7) is 2.60. The van der Waals surface area contributed by atoms with E-state index in [1.807, 2.05) is 41.8 Å². The highest BCUT2D eigenvalue weighted by molar-refractivity contribution is 5.93. The molecule has 3 N–H and O–H groups in total. The monoisotopic (exact) mass is 293 g/mol. The van der Waals surface area contributed by atoms with E-state index in [0.717, 1.165) is 16.9 Å². The molecular weight excluding hydrogens is 274 g/mol. The van der Waals surface area contributed by atoms with Gasteiger partial charge in [0.25, 0.3) is 0 Å². The van der Waals surface area contributed by atoms with Crippen molar-refractivity contribution in [3.63, 3.8) is 0 Å². The summed E-state index contributed by atoms with van der Waals surface area (Å²) in [6, 6.07) is 15.8. The Morgan fingerprint density at radius 1 is 1.14 bits per heavy atom. The van der Waals surface area contributed by atoms with Gasteiger partial charge in [-0.1, -0.05) is 30.3 Å². The Bertz CT molecular complexity index is 900. The van der Waals surface area contributed by atoms with Crippen LogP contribution in [0, 0.1) is 5.41 Å². The highest BCUT2D eigenvalue weighted by Crippen LogP contribution is 2.22. The van der Waals surface area contributed by atoms with Gasteiger partial charge in [-0.25, -0.2) is 0 Å². The summed E-state index contributed by atoms with van der Waals surface area (Å²) in [4.78, 5) is 4.20. The van der Waals surface area contributed by atoms with Crippen LogP contribution in [-0.2, 0) is 6.54 Å². The number of fused-ring (bicyclic) bond motifs is 1. The molecule has 112 valence electrons. The van der Waals surface area contributed by atoms with Gasteiger partial charge < -0.3 is 10.3 Å². The van der Waals surface area contributed by atoms with E-state index in [0.29, 0.717) is 17.9 Å². The van der Waals surface area contributed by atoms with E-state index in [-0.39, 0.29) is 0 Å². The van der Waals surface area contributed by atoms with Crippen LogP contribution in [0.1, 0.15) is 12.5 Å². The molecule has 3 aromatic rings. The number of rotatable bonds is 2. The van der Waals surface area contributed by atoms with Crippen LogP contribution in [0.3, 0.4) is 0 Å². The predicted octanol–water partition coefficient (Wildman–Crippen LogP) is 2.45. The minimum absolute atomic E-state index is 0.396. The van der Waals surface area contributed by atoms with Gasteiger partial charge in [0, 0.05) is 19.7 Å². The molecule has 0 spiro atoms. The minimum atomic E-state index is 0.396. The van der Waals surface area contributed by atoms with E-state index in [1.54, 1.807) is 13.1 Å². The van der Waals surface area contributed by atoms with Gasteiger partial charge in [0.05, 0.1) is 11.0 Å². The molecule has 0 aliphatic carbocycles. The van der Waals surface area contributed by atoms with Crippen LogP contribution in [0.5, 0.6) is 0 Å². The van der Waals surface area contributed by atoms with Crippen molar-refractivity contribution >= 4 is 22.7 Å². The molecule has 0 aliphatic heterocycles. The SMILES string of the molecule is CN=C(C)n1c(=N)ccc2c1cc(N)n2Cc1ccccc1. The smallest absolute Gasteiger partial charge is 0.130 e. The molecule has 0 aliphatic rings. The lowest BCUT2D eigenvalue weighted by atomic mass is 10.2. The lowest BCUT2D eigenvalue weighted by Gasteiger charge is -2.10. The maximum Gasteiger partial charge on any atom is 0.130 e. The molecular formula is C17H19N5. The number of nitrogens with two attached hydrogens (primary N) is 1. The highest BCUT2D eigenvalue weighted by Gasteiger charge is 2.11. The van der Waals surface area contributed by atoms with E-state index in [1.165, 1.54) is 5.56 Å². The third-order valence-corrected chi connectivity index (χ3v) is 3.86. The molecule has 22 heavy (non-hydrogen) atoms. The summed E-state index contributed by atoms with van der Waals surface area (Å²) >= 11 is 0. The maximum absolute atomic E-state index is 8.12. The third-order valence-electron chi connectivity index (χ3n) is 3.86. The molecule has 1 aromatic carbocycles. The quantitative estimate of drug-likeness (QED) is 0.553. The zero-order chi connectivity index (χ0) is 15.7. The van der Waals surface area contributed by atoms with Crippen molar-refractivity contribution in [2.45, 2.75) is 13.5 Å². The van der Waals surface area contributed by atoms with Crippen LogP contribution in [-0.4, -0.2) is 22.0 Å². The number of benzene rings is 1. The van der Waals surface area contributed by atoms with E-state index in [9.17, 15) is 0 Å². The van der Waals surface area contributed by atoms with Crippen molar-refractivity contribution < 1.29 is 0 Å². The van der Waals surface area contributed by atoms with Crippen LogP contribution in [0.15, 0.2) is 53.5 Å². The molecule has 5 nitrogen and oxygen atoms in total. The molecule has 0 amide bonds. The molecule has 0 saturated heterocycles. The van der Waals surface area contributed by atoms with Crippen LogP contribution in [0.4, 0.5) is 5.82 Å². The molecule has 0 unspecified atom stereocenters. The number of nitrogens with zero attached hydrogens (tertiary/aromatic N) is 3. The van der Waals surface area contributed by atoms with Crippen LogP contribution in [0.25, 0.3) is 11.0 Å². The number of anilines is 1. The average Bonchev–Trinajstić information content (AvgIpc) is 2.83. The number of hydrogen-bond acceptors (Lipinski definition) is 3. The van der Waals surface area contributed by atoms with Crippen molar-refractivity contribution in [1.29, 1.82) is 5.41 Å². The average molecular weight is 293 g/mol. The Kier molecular flexibility index (Phi) is 3.55. The molecule has 0 atom stereocenters. The summed E-state index contributed by atoms with van der Waals surface area (Å²) in [5.41, 5.74) is 9.70. The first-order valence-corrected chi connectivity index (χ1v) is 7.15. The largest absolute Gasteiger partial charge is 0.385 e. The molecule has 0 saturated carbocycles. The number of nitrogens with one attached hydrogen (secondary N) is 1. The van der Waals surface area contributed by atoms with Crippen molar-refractivity contribution in [2.75, 3.05) is 12.8 Å². The molecule has 5 heteroatoms. The molecule has 0 radical (unpaired) electrons. The Labute approximate surface area is 128 Å². The highest BCUT2D eigenvalue weighted by atomic mass is 15.1. The molecule has 2 heterocycles. The second-order valence-corrected chi connectivity index (χ2v) is 5.24. The van der Waals surface area contributed by atoms with Gasteiger partial charge in [-0.3, -0.25) is 15.0 Å². The van der Waals surface area contributed by atoms with Crippen LogP contribution < -0.4 is 11.2 Å². The minimum Gasteiger partial charge on any atom is -0.385 e. The van der Waals surface area contributed by atoms with Crippen molar-refractivity contribution in [3.8, 4) is 0 Å². The van der Waals surface area contributed by atoms with E-state index >= 15 is 0 Å². The van der Waals surface area contributed by atoms with Gasteiger partial charge in [0.2, 0.25) is 0 Å². The standard InChI is InChI=1S/C17H19N5/c1-12(20-2)22-15-10-17(19)21(14(15)8-9-16(22)18)11-13-6-4-3-5-7-13/h3-10,18H,11,19H2,1-2H3. The fourth-order valence-corrected chi connectivity index (χ4v) is 2.68. The molecule has 0 bridgehead atoms. The van der Waals surface area contributed by atoms with E-state index < -0.39 is 0 Å². The first-order valence-electron chi connectivity index (χ1n) is 7.15. The molecule has 3 rings (SSSR count). The van der Waals surface area contributed by atoms with Gasteiger partial charge in [0.1, 0.15) is 17.1 Å². The van der Waals surface area contributed by atoms with Crippen molar-refractivity contribution in [2.24, 2.45) is 4.99 Å². The predicted molar refractivity (Wildman–Crippen MR) is 90.2 cm³/mol. The fraction of sp³-hybridized carbons (Fsp3) is 0.176. The van der Waals surface area contributed by atoms with Crippen LogP contribution in [0.2, 0.25) is 0 Å². The summed E-state index contributed by atoms with van der Waals surface area (Å²) < 4.78 is 3.87. The van der Waals surface area contributed by atoms with Gasteiger partial charge in [-0.15, -0.1) is 0 Å². The zero-order valence-corrected chi connectivity index (χ0v) is 12.7. The van der Waals surface area contributed by atoms with Crippen molar-refractivity contribution in [3.05, 3.63) is 59.6 Å². The summed E-state index contributed by atoms with van der Waals surface area (Å²) in [6.07, 6.45) is 0. The Balaban J connectivity index is 2.21. The fourth-order valence-electron chi connectivity index (χ4n) is 2.68. The van der Waals surface area contributed by atoms with Crippen LogP contribution >= 0.6 is 0 Å². The Morgan fingerprint density at radius 2 is 1.86 bits per heavy atom. The van der Waals surface area contributed by atoms with Gasteiger partial charge in [-0.2, -0.15) is 0 Å². The van der Waals surface area contributed by atoms with E-state index in [2.05, 4.69) is 21.7 Å². The number of pyridine rings is 1. The normalized spacial score (nSPS) is 12.0. The number of hydrogen-bond donors (Lipinski definition) is 2. The second-order valence-electron chi connectivity index (χ2n) is 5.24. The summed E-state index contributed by atoms with van der Waals surface area (Å²) in [5, 5.41) is 8.12. The number of aliphatic imine (C=N–C) groups is 1. The number of nitrogen functional groups attached to an aromatic ring is 1. The third kappa shape index (κ3) is 2.30. The molecule has 0 fully saturated rings.